The van der Waals surface area contributed by atoms with E-state index in [0.717, 1.165) is 38.4 Å². The van der Waals surface area contributed by atoms with E-state index in [0.29, 0.717) is 24.7 Å². The maximum absolute atomic E-state index is 11.5. The number of carbonyl (C=O) groups excluding carboxylic acids is 1. The topological polar surface area (TPSA) is 78.9 Å². The second-order valence-corrected chi connectivity index (χ2v) is 7.71. The molecule has 2 heterocycles. The average Bonchev–Trinajstić information content (AvgIpc) is 3.04. The third-order valence-electron chi connectivity index (χ3n) is 4.33. The summed E-state index contributed by atoms with van der Waals surface area (Å²) in [6, 6.07) is 13.5. The summed E-state index contributed by atoms with van der Waals surface area (Å²) in [5.41, 5.74) is 3.81. The molecule has 1 amide bonds. The van der Waals surface area contributed by atoms with Crippen molar-refractivity contribution >= 4 is 56.6 Å². The van der Waals surface area contributed by atoms with Crippen LogP contribution in [-0.4, -0.2) is 22.4 Å². The van der Waals surface area contributed by atoms with E-state index in [1.54, 1.807) is 6.20 Å². The molecule has 6 nitrogen and oxygen atoms in total. The number of aromatic nitrogens is 2. The Hall–Kier alpha value is -2.64. The van der Waals surface area contributed by atoms with Gasteiger partial charge in [-0.1, -0.05) is 23.7 Å². The van der Waals surface area contributed by atoms with E-state index in [-0.39, 0.29) is 5.91 Å². The summed E-state index contributed by atoms with van der Waals surface area (Å²) in [5.74, 6) is 1.20. The molecule has 0 unspecified atom stereocenters. The zero-order chi connectivity index (χ0) is 19.5. The van der Waals surface area contributed by atoms with E-state index in [9.17, 15) is 4.79 Å². The van der Waals surface area contributed by atoms with Crippen molar-refractivity contribution in [3.8, 4) is 0 Å². The first-order valence-electron chi connectivity index (χ1n) is 8.77. The molecule has 4 rings (SSSR count). The van der Waals surface area contributed by atoms with Gasteiger partial charge < -0.3 is 16.0 Å². The van der Waals surface area contributed by atoms with E-state index in [1.807, 2.05) is 42.5 Å². The Balaban J connectivity index is 1.42. The number of hydrogen-bond acceptors (Lipinski definition) is 5. The Morgan fingerprint density at radius 2 is 2.11 bits per heavy atom. The number of nitrogens with one attached hydrogen (secondary N) is 3. The van der Waals surface area contributed by atoms with Crippen LogP contribution in [0.4, 0.5) is 23.1 Å². The number of nitrogens with zero attached hydrogens (tertiary/aromatic N) is 2. The van der Waals surface area contributed by atoms with Gasteiger partial charge >= 0.3 is 0 Å². The zero-order valence-corrected chi connectivity index (χ0v) is 17.1. The Morgan fingerprint density at radius 3 is 2.96 bits per heavy atom. The first-order chi connectivity index (χ1) is 13.6. The number of anilines is 4. The summed E-state index contributed by atoms with van der Waals surface area (Å²) in [6.07, 6.45) is 2.92. The molecule has 1 aromatic heterocycles. The van der Waals surface area contributed by atoms with Crippen LogP contribution in [0.3, 0.4) is 0 Å². The van der Waals surface area contributed by atoms with Crippen LogP contribution in [0.15, 0.2) is 53.1 Å². The maximum atomic E-state index is 11.5. The molecule has 0 atom stereocenters. The first kappa shape index (κ1) is 18.7. The van der Waals surface area contributed by atoms with E-state index in [2.05, 4.69) is 41.8 Å². The van der Waals surface area contributed by atoms with Gasteiger partial charge in [0.05, 0.1) is 10.9 Å². The summed E-state index contributed by atoms with van der Waals surface area (Å²) < 4.78 is 0.785. The predicted molar refractivity (Wildman–Crippen MR) is 115 cm³/mol. The summed E-state index contributed by atoms with van der Waals surface area (Å²) in [5, 5.41) is 10.1. The molecule has 1 aliphatic rings. The molecule has 0 saturated carbocycles. The van der Waals surface area contributed by atoms with Gasteiger partial charge in [0.2, 0.25) is 11.9 Å². The smallest absolute Gasteiger partial charge is 0.229 e. The normalized spacial score (nSPS) is 12.4. The fourth-order valence-electron chi connectivity index (χ4n) is 3.01. The monoisotopic (exact) mass is 457 g/mol. The summed E-state index contributed by atoms with van der Waals surface area (Å²) in [6.45, 7) is 0.710. The Kier molecular flexibility index (Phi) is 5.45. The van der Waals surface area contributed by atoms with Crippen molar-refractivity contribution < 1.29 is 4.79 Å². The van der Waals surface area contributed by atoms with Gasteiger partial charge in [-0.25, -0.2) is 4.98 Å². The number of rotatable bonds is 6. The van der Waals surface area contributed by atoms with Gasteiger partial charge in [0, 0.05) is 29.1 Å². The van der Waals surface area contributed by atoms with Gasteiger partial charge in [-0.2, -0.15) is 4.98 Å². The number of carbonyl (C=O) groups is 1. The lowest BCUT2D eigenvalue weighted by Gasteiger charge is -2.11. The highest BCUT2D eigenvalue weighted by molar-refractivity contribution is 9.10. The van der Waals surface area contributed by atoms with Gasteiger partial charge in [-0.05, 0) is 63.8 Å². The highest BCUT2D eigenvalue weighted by Crippen LogP contribution is 2.28. The second-order valence-electron chi connectivity index (χ2n) is 6.42. The lowest BCUT2D eigenvalue weighted by Crippen LogP contribution is -2.08. The van der Waals surface area contributed by atoms with Crippen LogP contribution < -0.4 is 16.0 Å². The third kappa shape index (κ3) is 4.43. The fraction of sp³-hybridized carbons (Fsp3) is 0.150. The van der Waals surface area contributed by atoms with Crippen molar-refractivity contribution in [2.24, 2.45) is 0 Å². The molecule has 0 fully saturated rings. The number of benzene rings is 2. The van der Waals surface area contributed by atoms with Gasteiger partial charge in [-0.15, -0.1) is 0 Å². The molecule has 0 spiro atoms. The van der Waals surface area contributed by atoms with Crippen molar-refractivity contribution in [1.82, 2.24) is 9.97 Å². The molecule has 1 aliphatic heterocycles. The Labute approximate surface area is 175 Å². The van der Waals surface area contributed by atoms with Crippen LogP contribution in [0.2, 0.25) is 5.02 Å². The third-order valence-corrected chi connectivity index (χ3v) is 5.14. The molecule has 0 radical (unpaired) electrons. The van der Waals surface area contributed by atoms with Crippen LogP contribution in [0.5, 0.6) is 0 Å². The number of hydrogen-bond donors (Lipinski definition) is 3. The minimum Gasteiger partial charge on any atom is -0.369 e. The van der Waals surface area contributed by atoms with E-state index in [4.69, 9.17) is 11.6 Å². The maximum Gasteiger partial charge on any atom is 0.229 e. The average molecular weight is 459 g/mol. The largest absolute Gasteiger partial charge is 0.369 e. The predicted octanol–water partition coefficient (Wildman–Crippen LogP) is 4.79. The fourth-order valence-corrected chi connectivity index (χ4v) is 3.55. The molecule has 0 aliphatic carbocycles. The van der Waals surface area contributed by atoms with E-state index < -0.39 is 0 Å². The second kappa shape index (κ2) is 8.16. The lowest BCUT2D eigenvalue weighted by atomic mass is 10.1. The van der Waals surface area contributed by atoms with E-state index in [1.165, 1.54) is 0 Å². The molecule has 2 aromatic carbocycles. The Bertz CT molecular complexity index is 1040. The van der Waals surface area contributed by atoms with Crippen molar-refractivity contribution in [1.29, 1.82) is 0 Å². The van der Waals surface area contributed by atoms with Gasteiger partial charge in [0.15, 0.2) is 0 Å². The van der Waals surface area contributed by atoms with Crippen molar-refractivity contribution in [3.05, 3.63) is 69.3 Å². The van der Waals surface area contributed by atoms with Crippen LogP contribution in [0.1, 0.15) is 11.1 Å². The van der Waals surface area contributed by atoms with Crippen LogP contribution in [0, 0.1) is 0 Å². The number of halogens is 2. The lowest BCUT2D eigenvalue weighted by molar-refractivity contribution is -0.115. The highest BCUT2D eigenvalue weighted by Gasteiger charge is 2.17. The van der Waals surface area contributed by atoms with E-state index >= 15 is 0 Å². The minimum absolute atomic E-state index is 0.0123. The molecule has 3 aromatic rings. The van der Waals surface area contributed by atoms with Crippen LogP contribution in [-0.2, 0) is 17.6 Å². The molecule has 0 bridgehead atoms. The minimum atomic E-state index is 0.0123. The zero-order valence-electron chi connectivity index (χ0n) is 14.8. The summed E-state index contributed by atoms with van der Waals surface area (Å²) >= 11 is 9.51. The molecular formula is C20H17BrClN5O. The molecule has 28 heavy (non-hydrogen) atoms. The molecule has 3 N–H and O–H groups in total. The van der Waals surface area contributed by atoms with Crippen LogP contribution in [0.25, 0.3) is 0 Å². The standard InChI is InChI=1S/C20H17BrClN5O/c21-16-11-24-20(25-15-4-5-17-13(9-15)10-18(28)26-17)27-19(16)23-7-6-12-2-1-3-14(22)8-12/h1-5,8-9,11H,6-7,10H2,(H,26,28)(H2,23,24,25,27). The van der Waals surface area contributed by atoms with Gasteiger partial charge in [-0.3, -0.25) is 4.79 Å². The quantitative estimate of drug-likeness (QED) is 0.495. The first-order valence-corrected chi connectivity index (χ1v) is 9.94. The summed E-state index contributed by atoms with van der Waals surface area (Å²) in [7, 11) is 0. The summed E-state index contributed by atoms with van der Waals surface area (Å²) in [4.78, 5) is 20.3. The SMILES string of the molecule is O=C1Cc2cc(Nc3ncc(Br)c(NCCc4cccc(Cl)c4)n3)ccc2N1. The number of amides is 1. The molecular weight excluding hydrogens is 442 g/mol. The Morgan fingerprint density at radius 1 is 1.21 bits per heavy atom. The van der Waals surface area contributed by atoms with Gasteiger partial charge in [0.1, 0.15) is 5.82 Å². The van der Waals surface area contributed by atoms with Crippen molar-refractivity contribution in [2.45, 2.75) is 12.8 Å². The molecule has 8 heteroatoms. The molecule has 0 saturated heterocycles. The molecule has 142 valence electrons. The van der Waals surface area contributed by atoms with Crippen molar-refractivity contribution in [2.75, 3.05) is 22.5 Å². The van der Waals surface area contributed by atoms with Crippen LogP contribution >= 0.6 is 27.5 Å². The van der Waals surface area contributed by atoms with Gasteiger partial charge in [0.25, 0.3) is 0 Å². The highest BCUT2D eigenvalue weighted by atomic mass is 79.9. The van der Waals surface area contributed by atoms with Crippen molar-refractivity contribution in [3.63, 3.8) is 0 Å². The number of fused-ring (bicyclic) bond motifs is 1.